The fraction of sp³-hybridized carbons (Fsp3) is 0.389. The fourth-order valence-electron chi connectivity index (χ4n) is 4.96. The second-order valence-corrected chi connectivity index (χ2v) is 8.10. The van der Waals surface area contributed by atoms with Gasteiger partial charge in [-0.1, -0.05) is 28.1 Å². The molecule has 4 atom stereocenters. The third-order valence-corrected chi connectivity index (χ3v) is 6.70. The third kappa shape index (κ3) is 1.67. The second kappa shape index (κ2) is 4.57. The molecule has 1 heterocycles. The number of hydrazine groups is 1. The Labute approximate surface area is 147 Å². The van der Waals surface area contributed by atoms with Gasteiger partial charge in [-0.3, -0.25) is 19.8 Å². The van der Waals surface area contributed by atoms with Crippen LogP contribution in [0.2, 0.25) is 0 Å². The smallest absolute Gasteiger partial charge is 0.270 e. The first-order valence-electron chi connectivity index (χ1n) is 8.16. The molecule has 0 unspecified atom stereocenters. The van der Waals surface area contributed by atoms with E-state index in [9.17, 15) is 14.4 Å². The summed E-state index contributed by atoms with van der Waals surface area (Å²) < 4.78 is 0.860. The molecule has 0 aromatic heterocycles. The maximum absolute atomic E-state index is 12.8. The lowest BCUT2D eigenvalue weighted by Gasteiger charge is -2.22. The normalized spacial score (nSPS) is 34.1. The van der Waals surface area contributed by atoms with E-state index in [0.717, 1.165) is 22.3 Å². The van der Waals surface area contributed by atoms with Gasteiger partial charge in [-0.25, -0.2) is 0 Å². The highest BCUT2D eigenvalue weighted by molar-refractivity contribution is 9.10. The fourth-order valence-corrected chi connectivity index (χ4v) is 5.22. The summed E-state index contributed by atoms with van der Waals surface area (Å²) in [6.07, 6.45) is 6.44. The van der Waals surface area contributed by atoms with Gasteiger partial charge in [0.05, 0.1) is 11.8 Å². The number of nitrogens with zero attached hydrogens (tertiary/aromatic N) is 1. The molecule has 1 aliphatic heterocycles. The number of hydrogen-bond donors (Lipinski definition) is 1. The quantitative estimate of drug-likeness (QED) is 0.626. The van der Waals surface area contributed by atoms with E-state index >= 15 is 0 Å². The van der Waals surface area contributed by atoms with E-state index in [4.69, 9.17) is 0 Å². The monoisotopic (exact) mass is 386 g/mol. The Morgan fingerprint density at radius 1 is 1.04 bits per heavy atom. The van der Waals surface area contributed by atoms with Crippen molar-refractivity contribution in [2.24, 2.45) is 29.1 Å². The Hall–Kier alpha value is -1.95. The minimum Gasteiger partial charge on any atom is -0.272 e. The van der Waals surface area contributed by atoms with Crippen LogP contribution in [0.5, 0.6) is 0 Å². The number of imide groups is 1. The first kappa shape index (κ1) is 14.4. The van der Waals surface area contributed by atoms with Crippen molar-refractivity contribution in [3.8, 4) is 0 Å². The maximum atomic E-state index is 12.8. The molecule has 6 heteroatoms. The summed E-state index contributed by atoms with van der Waals surface area (Å²) in [7, 11) is 0. The van der Waals surface area contributed by atoms with E-state index in [2.05, 4.69) is 33.5 Å². The predicted octanol–water partition coefficient (Wildman–Crippen LogP) is 2.29. The van der Waals surface area contributed by atoms with Crippen LogP contribution in [0.15, 0.2) is 40.9 Å². The molecule has 0 radical (unpaired) electrons. The van der Waals surface area contributed by atoms with Crippen molar-refractivity contribution >= 4 is 33.7 Å². The minimum atomic E-state index is -0.439. The van der Waals surface area contributed by atoms with Gasteiger partial charge in [0.2, 0.25) is 0 Å². The topological polar surface area (TPSA) is 66.5 Å². The van der Waals surface area contributed by atoms with E-state index in [1.807, 2.05) is 0 Å². The zero-order valence-electron chi connectivity index (χ0n) is 12.7. The molecule has 5 nitrogen and oxygen atoms in total. The van der Waals surface area contributed by atoms with Gasteiger partial charge in [0.25, 0.3) is 17.7 Å². The van der Waals surface area contributed by atoms with Crippen LogP contribution in [0, 0.1) is 29.1 Å². The van der Waals surface area contributed by atoms with Crippen LogP contribution in [0.1, 0.15) is 23.2 Å². The molecule has 122 valence electrons. The zero-order valence-corrected chi connectivity index (χ0v) is 14.3. The molecule has 3 amide bonds. The molecular weight excluding hydrogens is 372 g/mol. The van der Waals surface area contributed by atoms with E-state index in [-0.39, 0.29) is 40.9 Å². The van der Waals surface area contributed by atoms with Crippen molar-refractivity contribution in [2.75, 3.05) is 0 Å². The number of allylic oxidation sites excluding steroid dienone is 2. The number of carbonyl (C=O) groups is 3. The summed E-state index contributed by atoms with van der Waals surface area (Å²) in [5.41, 5.74) is 3.09. The highest BCUT2D eigenvalue weighted by Gasteiger charge is 2.73. The summed E-state index contributed by atoms with van der Waals surface area (Å²) in [4.78, 5) is 37.9. The Balaban J connectivity index is 1.39. The Morgan fingerprint density at radius 3 is 2.08 bits per heavy atom. The molecule has 5 rings (SSSR count). The standard InChI is InChI=1S/C18H15BrN2O3/c19-10-3-1-9(2-4-10)15(22)20-21-16(23)13-11-5-6-12(14(13)17(21)24)18(11)7-8-18/h1-6,11-14H,7-8H2,(H,20,22)/t11-,12+,13+,14-. The van der Waals surface area contributed by atoms with Crippen LogP contribution >= 0.6 is 15.9 Å². The Bertz CT molecular complexity index is 778. The van der Waals surface area contributed by atoms with Gasteiger partial charge in [-0.15, -0.1) is 0 Å². The average Bonchev–Trinajstić information content (AvgIpc) is 3.18. The van der Waals surface area contributed by atoms with E-state index in [1.54, 1.807) is 24.3 Å². The van der Waals surface area contributed by atoms with E-state index < -0.39 is 5.91 Å². The van der Waals surface area contributed by atoms with Crippen molar-refractivity contribution in [3.63, 3.8) is 0 Å². The van der Waals surface area contributed by atoms with Crippen LogP contribution in [-0.4, -0.2) is 22.7 Å². The summed E-state index contributed by atoms with van der Waals surface area (Å²) >= 11 is 3.31. The van der Waals surface area contributed by atoms with Gasteiger partial charge in [-0.2, -0.15) is 5.01 Å². The molecular formula is C18H15BrN2O3. The second-order valence-electron chi connectivity index (χ2n) is 7.18. The first-order valence-corrected chi connectivity index (χ1v) is 8.95. The lowest BCUT2D eigenvalue weighted by Crippen LogP contribution is -2.47. The number of fused-ring (bicyclic) bond motifs is 3. The molecule has 24 heavy (non-hydrogen) atoms. The van der Waals surface area contributed by atoms with Gasteiger partial charge in [0.1, 0.15) is 0 Å². The van der Waals surface area contributed by atoms with Gasteiger partial charge in [0.15, 0.2) is 0 Å². The van der Waals surface area contributed by atoms with Crippen molar-refractivity contribution in [1.82, 2.24) is 10.4 Å². The number of amides is 3. The average molecular weight is 387 g/mol. The van der Waals surface area contributed by atoms with Crippen molar-refractivity contribution in [3.05, 3.63) is 46.5 Å². The Kier molecular flexibility index (Phi) is 2.74. The number of carbonyl (C=O) groups excluding carboxylic acids is 3. The Morgan fingerprint density at radius 2 is 1.58 bits per heavy atom. The van der Waals surface area contributed by atoms with E-state index in [0.29, 0.717) is 5.56 Å². The summed E-state index contributed by atoms with van der Waals surface area (Å²) in [5.74, 6) is -1.19. The number of halogens is 1. The largest absolute Gasteiger partial charge is 0.272 e. The zero-order chi connectivity index (χ0) is 16.6. The predicted molar refractivity (Wildman–Crippen MR) is 88.2 cm³/mol. The summed E-state index contributed by atoms with van der Waals surface area (Å²) in [6, 6.07) is 6.79. The number of nitrogens with one attached hydrogen (secondary N) is 1. The lowest BCUT2D eigenvalue weighted by atomic mass is 9.85. The SMILES string of the molecule is O=C(NN1C(=O)[C@@H]2[C@H](C1=O)[C@@H]1C=C[C@H]2C12CC2)c1ccc(Br)cc1. The molecule has 2 saturated carbocycles. The van der Waals surface area contributed by atoms with Crippen LogP contribution in [0.3, 0.4) is 0 Å². The molecule has 4 aliphatic rings. The van der Waals surface area contributed by atoms with Gasteiger partial charge < -0.3 is 0 Å². The minimum absolute atomic E-state index is 0.165. The third-order valence-electron chi connectivity index (χ3n) is 6.17. The van der Waals surface area contributed by atoms with Gasteiger partial charge in [-0.05, 0) is 54.4 Å². The molecule has 2 bridgehead atoms. The van der Waals surface area contributed by atoms with Crippen LogP contribution in [0.25, 0.3) is 0 Å². The van der Waals surface area contributed by atoms with Crippen LogP contribution < -0.4 is 5.43 Å². The highest BCUT2D eigenvalue weighted by Crippen LogP contribution is 2.73. The van der Waals surface area contributed by atoms with Crippen molar-refractivity contribution in [1.29, 1.82) is 0 Å². The molecule has 3 fully saturated rings. The highest BCUT2D eigenvalue weighted by atomic mass is 79.9. The van der Waals surface area contributed by atoms with Crippen molar-refractivity contribution in [2.45, 2.75) is 12.8 Å². The van der Waals surface area contributed by atoms with Gasteiger partial charge in [0, 0.05) is 10.0 Å². The number of benzene rings is 1. The number of rotatable bonds is 2. The van der Waals surface area contributed by atoms with Crippen molar-refractivity contribution < 1.29 is 14.4 Å². The molecule has 3 aliphatic carbocycles. The molecule has 1 spiro atoms. The molecule has 1 saturated heterocycles. The van der Waals surface area contributed by atoms with Crippen LogP contribution in [0.4, 0.5) is 0 Å². The first-order chi connectivity index (χ1) is 11.5. The molecule has 1 aromatic rings. The number of hydrogen-bond acceptors (Lipinski definition) is 3. The molecule has 1 aromatic carbocycles. The lowest BCUT2D eigenvalue weighted by molar-refractivity contribution is -0.144. The van der Waals surface area contributed by atoms with E-state index in [1.165, 1.54) is 0 Å². The summed E-state index contributed by atoms with van der Waals surface area (Å²) in [5, 5.41) is 0.960. The molecule has 1 N–H and O–H groups in total. The summed E-state index contributed by atoms with van der Waals surface area (Å²) in [6.45, 7) is 0. The van der Waals surface area contributed by atoms with Gasteiger partial charge >= 0.3 is 0 Å². The van der Waals surface area contributed by atoms with Crippen LogP contribution in [-0.2, 0) is 9.59 Å². The maximum Gasteiger partial charge on any atom is 0.270 e.